The van der Waals surface area contributed by atoms with Crippen molar-refractivity contribution in [1.29, 1.82) is 0 Å². The van der Waals surface area contributed by atoms with Crippen LogP contribution < -0.4 is 0 Å². The topological polar surface area (TPSA) is 77.8 Å². The van der Waals surface area contributed by atoms with E-state index in [4.69, 9.17) is 19.2 Å². The van der Waals surface area contributed by atoms with Gasteiger partial charge in [-0.15, -0.1) is 0 Å². The van der Waals surface area contributed by atoms with Crippen LogP contribution >= 0.6 is 7.82 Å². The summed E-state index contributed by atoms with van der Waals surface area (Å²) in [6.45, 7) is 0. The first kappa shape index (κ1) is 30.0. The second-order valence-corrected chi connectivity index (χ2v) is 1.54. The van der Waals surface area contributed by atoms with E-state index >= 15 is 0 Å². The van der Waals surface area contributed by atoms with Gasteiger partial charge in [0.05, 0.1) is 0 Å². The largest absolute Gasteiger partial charge is 0 e. The van der Waals surface area contributed by atoms with Gasteiger partial charge in [0.2, 0.25) is 0 Å². The van der Waals surface area contributed by atoms with E-state index in [1.165, 1.54) is 0 Å². The molecule has 0 radical (unpaired) electrons. The molecule has 0 aromatic heterocycles. The Balaban J connectivity index is -0.0000000133. The molecule has 0 aromatic rings. The van der Waals surface area contributed by atoms with E-state index in [1.807, 2.05) is 0 Å². The molecule has 0 aliphatic carbocycles. The summed E-state index contributed by atoms with van der Waals surface area (Å²) in [4.78, 5) is 21.6. The summed E-state index contributed by atoms with van der Waals surface area (Å²) in [5.41, 5.74) is 0. The Morgan fingerprint density at radius 3 is 1.00 bits per heavy atom. The van der Waals surface area contributed by atoms with Gasteiger partial charge in [0, 0.05) is 21.7 Å². The fraction of sp³-hybridized carbons (Fsp3) is 0. The Kier molecular flexibility index (Phi) is 43.8. The van der Waals surface area contributed by atoms with Gasteiger partial charge in [-0.1, -0.05) is 0 Å². The second-order valence-electron chi connectivity index (χ2n) is 0.513. The summed E-state index contributed by atoms with van der Waals surface area (Å²) >= 11 is 0. The molecule has 0 aromatic carbocycles. The standard InChI is InChI=1S/Al.2Li.H3O4P.Ti.5H/c;;;1-5(2,3)4;;;;;;/h;;;(H3,1,2,3,4);;;;;;. The summed E-state index contributed by atoms with van der Waals surface area (Å²) in [6, 6.07) is 0. The molecule has 0 bridgehead atoms. The van der Waals surface area contributed by atoms with E-state index in [2.05, 4.69) is 0 Å². The maximum Gasteiger partial charge on any atom is 0 e. The van der Waals surface area contributed by atoms with E-state index in [-0.39, 0.29) is 76.8 Å². The minimum Gasteiger partial charge on any atom is 0 e. The van der Waals surface area contributed by atoms with Crippen molar-refractivity contribution in [2.75, 3.05) is 0 Å². The molecule has 0 aliphatic rings. The SMILES string of the molecule is O=P(O)(O)O.[AlH3].[LiH].[LiH].[Ti]. The molecule has 0 aliphatic heterocycles. The van der Waals surface area contributed by atoms with Crippen molar-refractivity contribution in [2.45, 2.75) is 0 Å². The molecule has 0 saturated heterocycles. The van der Waals surface area contributed by atoms with Gasteiger partial charge in [0.15, 0.2) is 17.4 Å². The van der Waals surface area contributed by atoms with Crippen LogP contribution in [0.1, 0.15) is 0 Å². The fourth-order valence-corrected chi connectivity index (χ4v) is 0. The van der Waals surface area contributed by atoms with Crippen molar-refractivity contribution in [3.8, 4) is 0 Å². The Morgan fingerprint density at radius 1 is 1.00 bits per heavy atom. The van der Waals surface area contributed by atoms with Gasteiger partial charge in [0.1, 0.15) is 0 Å². The Labute approximate surface area is 103 Å². The van der Waals surface area contributed by atoms with Crippen LogP contribution in [0, 0.1) is 0 Å². The first-order chi connectivity index (χ1) is 2.00. The normalized spacial score (nSPS) is 6.56. The van der Waals surface area contributed by atoms with Crippen LogP contribution in [-0.4, -0.2) is 69.8 Å². The number of hydrogen-bond acceptors (Lipinski definition) is 1. The van der Waals surface area contributed by atoms with Crippen LogP contribution in [0.3, 0.4) is 0 Å². The van der Waals surface area contributed by atoms with Crippen molar-refractivity contribution >= 4 is 62.9 Å². The smallest absolute Gasteiger partial charge is 0 e. The summed E-state index contributed by atoms with van der Waals surface area (Å²) < 4.78 is 8.88. The first-order valence-electron chi connectivity index (χ1n) is 0.783. The maximum atomic E-state index is 8.88. The summed E-state index contributed by atoms with van der Waals surface area (Å²) in [5.74, 6) is 0. The van der Waals surface area contributed by atoms with Gasteiger partial charge in [-0.2, -0.15) is 0 Å². The van der Waals surface area contributed by atoms with Crippen molar-refractivity contribution < 1.29 is 41.0 Å². The molecule has 0 spiro atoms. The molecule has 0 rings (SSSR count). The Morgan fingerprint density at radius 2 is 1.00 bits per heavy atom. The summed E-state index contributed by atoms with van der Waals surface area (Å²) in [6.07, 6.45) is 0. The van der Waals surface area contributed by atoms with E-state index in [0.717, 1.165) is 0 Å². The van der Waals surface area contributed by atoms with Crippen LogP contribution in [0.4, 0.5) is 0 Å². The molecule has 0 fully saturated rings. The third-order valence-electron chi connectivity index (χ3n) is 0. The van der Waals surface area contributed by atoms with Gasteiger partial charge >= 0.3 is 45.5 Å². The molecule has 4 nitrogen and oxygen atoms in total. The van der Waals surface area contributed by atoms with Crippen LogP contribution in [0.2, 0.25) is 0 Å². The van der Waals surface area contributed by atoms with E-state index in [9.17, 15) is 0 Å². The molecule has 0 atom stereocenters. The molecule has 9 heavy (non-hydrogen) atoms. The Hall–Kier alpha value is 2.55. The quantitative estimate of drug-likeness (QED) is 0.276. The predicted octanol–water partition coefficient (Wildman–Crippen LogP) is -3.41. The third-order valence-corrected chi connectivity index (χ3v) is 0. The molecule has 0 unspecified atom stereocenters. The van der Waals surface area contributed by atoms with Crippen molar-refractivity contribution in [3.05, 3.63) is 0 Å². The minimum atomic E-state index is -4.64. The van der Waals surface area contributed by atoms with Crippen LogP contribution in [0.5, 0.6) is 0 Å². The molecule has 3 N–H and O–H groups in total. The van der Waals surface area contributed by atoms with Gasteiger partial charge in [-0.3, -0.25) is 0 Å². The molecular weight excluding hydrogens is 184 g/mol. The Bertz CT molecular complexity index is 64.7. The van der Waals surface area contributed by atoms with Gasteiger partial charge in [-0.05, 0) is 0 Å². The van der Waals surface area contributed by atoms with Gasteiger partial charge < -0.3 is 14.7 Å². The minimum absolute atomic E-state index is 0. The third kappa shape index (κ3) is 119. The molecule has 9 heteroatoms. The molecular formula is H8AlLi2O4PTi. The van der Waals surface area contributed by atoms with Crippen LogP contribution in [0.15, 0.2) is 0 Å². The number of phosphoric acid groups is 1. The summed E-state index contributed by atoms with van der Waals surface area (Å²) in [5, 5.41) is 0. The fourth-order valence-electron chi connectivity index (χ4n) is 0. The average molecular weight is 192 g/mol. The van der Waals surface area contributed by atoms with Crippen molar-refractivity contribution in [2.24, 2.45) is 0 Å². The molecule has 0 saturated carbocycles. The van der Waals surface area contributed by atoms with Gasteiger partial charge in [0.25, 0.3) is 0 Å². The monoisotopic (exact) mass is 192 g/mol. The van der Waals surface area contributed by atoms with E-state index in [0.29, 0.717) is 0 Å². The number of hydrogen-bond donors (Lipinski definition) is 3. The zero-order valence-electron chi connectivity index (χ0n) is 2.70. The van der Waals surface area contributed by atoms with Crippen molar-refractivity contribution in [3.63, 3.8) is 0 Å². The second kappa shape index (κ2) is 13.2. The average Bonchev–Trinajstić information content (AvgIpc) is 0.722. The van der Waals surface area contributed by atoms with E-state index in [1.54, 1.807) is 0 Å². The first-order valence-corrected chi connectivity index (χ1v) is 2.35. The van der Waals surface area contributed by atoms with E-state index < -0.39 is 7.82 Å². The zero-order chi connectivity index (χ0) is 4.50. The summed E-state index contributed by atoms with van der Waals surface area (Å²) in [7, 11) is -4.64. The molecule has 0 heterocycles. The van der Waals surface area contributed by atoms with Gasteiger partial charge in [-0.25, -0.2) is 4.57 Å². The maximum absolute atomic E-state index is 8.88. The van der Waals surface area contributed by atoms with Crippen LogP contribution in [-0.2, 0) is 26.3 Å². The molecule has 0 amide bonds. The molecule has 46 valence electrons. The van der Waals surface area contributed by atoms with Crippen molar-refractivity contribution in [1.82, 2.24) is 0 Å². The zero-order valence-corrected chi connectivity index (χ0v) is 5.15. The number of rotatable bonds is 0. The van der Waals surface area contributed by atoms with Crippen LogP contribution in [0.25, 0.3) is 0 Å². The predicted molar refractivity (Wildman–Crippen MR) is 38.5 cm³/mol.